The van der Waals surface area contributed by atoms with E-state index in [1.165, 1.54) is 0 Å². The number of aryl methyl sites for hydroxylation is 1. The molecule has 0 spiro atoms. The Bertz CT molecular complexity index is 1480. The van der Waals surface area contributed by atoms with E-state index in [2.05, 4.69) is 16.0 Å². The smallest absolute Gasteiger partial charge is 0.329 e. The van der Waals surface area contributed by atoms with E-state index in [0.717, 1.165) is 32.1 Å². The Hall–Kier alpha value is -4.21. The summed E-state index contributed by atoms with van der Waals surface area (Å²) >= 11 is 0. The Morgan fingerprint density at radius 2 is 1.63 bits per heavy atom. The summed E-state index contributed by atoms with van der Waals surface area (Å²) < 4.78 is 17.5. The van der Waals surface area contributed by atoms with Crippen molar-refractivity contribution in [2.75, 3.05) is 73.3 Å². The first-order chi connectivity index (χ1) is 23.6. The first-order valence-electron chi connectivity index (χ1n) is 16.9. The Balaban J connectivity index is 1.46. The molecule has 2 aliphatic rings. The predicted octanol–water partition coefficient (Wildman–Crippen LogP) is 0.992. The topological polar surface area (TPSA) is 181 Å². The van der Waals surface area contributed by atoms with E-state index < -0.39 is 30.6 Å². The molecule has 2 atom stereocenters. The lowest BCUT2D eigenvalue weighted by molar-refractivity contribution is -0.142. The number of aromatic nitrogens is 1. The van der Waals surface area contributed by atoms with Crippen molar-refractivity contribution in [2.45, 2.75) is 51.1 Å². The number of carbonyl (C=O) groups is 5. The third-order valence-electron chi connectivity index (χ3n) is 9.36. The van der Waals surface area contributed by atoms with Crippen molar-refractivity contribution in [3.8, 4) is 5.75 Å². The molecule has 15 heteroatoms. The van der Waals surface area contributed by atoms with Crippen LogP contribution in [-0.4, -0.2) is 134 Å². The van der Waals surface area contributed by atoms with Gasteiger partial charge in [0.2, 0.25) is 11.8 Å². The number of carboxylic acid groups (broad SMARTS) is 1. The van der Waals surface area contributed by atoms with Crippen LogP contribution in [0.15, 0.2) is 18.2 Å². The highest BCUT2D eigenvalue weighted by Crippen LogP contribution is 2.31. The number of piperazine rings is 1. The Kier molecular flexibility index (Phi) is 13.8. The van der Waals surface area contributed by atoms with E-state index in [9.17, 15) is 24.0 Å². The van der Waals surface area contributed by atoms with Crippen LogP contribution in [0.1, 0.15) is 59.9 Å². The van der Waals surface area contributed by atoms with Crippen LogP contribution in [-0.2, 0) is 30.9 Å². The highest BCUT2D eigenvalue weighted by atomic mass is 16.5. The van der Waals surface area contributed by atoms with E-state index in [-0.39, 0.29) is 74.4 Å². The number of hydrogen-bond acceptors (Lipinski definition) is 9. The molecule has 4 rings (SSSR count). The van der Waals surface area contributed by atoms with Gasteiger partial charge < -0.3 is 49.6 Å². The normalized spacial score (nSPS) is 16.7. The molecule has 0 radical (unpaired) electrons. The lowest BCUT2D eigenvalue weighted by Crippen LogP contribution is -2.59. The fourth-order valence-electron chi connectivity index (χ4n) is 6.46. The third-order valence-corrected chi connectivity index (χ3v) is 9.36. The number of likely N-dealkylation sites (N-methyl/N-ethyl adjacent to an activating group) is 1. The number of benzene rings is 1. The fourth-order valence-corrected chi connectivity index (χ4v) is 6.46. The van der Waals surface area contributed by atoms with Crippen LogP contribution in [0.5, 0.6) is 5.75 Å². The van der Waals surface area contributed by atoms with Crippen molar-refractivity contribution in [2.24, 2.45) is 13.0 Å². The van der Waals surface area contributed by atoms with Crippen molar-refractivity contribution < 1.29 is 43.3 Å². The zero-order valence-electron chi connectivity index (χ0n) is 28.9. The van der Waals surface area contributed by atoms with Gasteiger partial charge in [-0.05, 0) is 44.9 Å². The third kappa shape index (κ3) is 9.49. The summed E-state index contributed by atoms with van der Waals surface area (Å²) in [6, 6.07) is 4.21. The molecule has 49 heavy (non-hydrogen) atoms. The lowest BCUT2D eigenvalue weighted by Gasteiger charge is -2.39. The summed E-state index contributed by atoms with van der Waals surface area (Å²) in [5.41, 5.74) is 1.10. The molecule has 1 aromatic heterocycles. The number of carbonyl (C=O) groups excluding carboxylic acids is 4. The minimum absolute atomic E-state index is 0.0680. The van der Waals surface area contributed by atoms with Crippen LogP contribution in [0.3, 0.4) is 0 Å². The van der Waals surface area contributed by atoms with Gasteiger partial charge in [0.05, 0.1) is 44.1 Å². The average molecular weight is 687 g/mol. The number of aliphatic carboxylic acids is 1. The lowest BCUT2D eigenvalue weighted by atomic mass is 9.83. The first kappa shape index (κ1) is 37.6. The minimum Gasteiger partial charge on any atom is -0.497 e. The van der Waals surface area contributed by atoms with E-state index in [0.29, 0.717) is 29.7 Å². The maximum absolute atomic E-state index is 14.2. The van der Waals surface area contributed by atoms with Gasteiger partial charge in [-0.15, -0.1) is 0 Å². The molecule has 2 aromatic rings. The second-order valence-electron chi connectivity index (χ2n) is 12.5. The van der Waals surface area contributed by atoms with E-state index in [1.807, 2.05) is 0 Å². The highest BCUT2D eigenvalue weighted by molar-refractivity contribution is 6.16. The molecule has 1 saturated carbocycles. The van der Waals surface area contributed by atoms with Gasteiger partial charge in [0.25, 0.3) is 11.8 Å². The molecule has 4 N–H and O–H groups in total. The van der Waals surface area contributed by atoms with Gasteiger partial charge >= 0.3 is 5.97 Å². The maximum atomic E-state index is 14.2. The second-order valence-corrected chi connectivity index (χ2v) is 12.5. The molecular weight excluding hydrogens is 636 g/mol. The molecule has 1 aromatic carbocycles. The zero-order valence-corrected chi connectivity index (χ0v) is 28.9. The average Bonchev–Trinajstić information content (AvgIpc) is 3.41. The van der Waals surface area contributed by atoms with Crippen LogP contribution in [0.4, 0.5) is 0 Å². The number of fused-ring (bicyclic) bond motifs is 1. The van der Waals surface area contributed by atoms with Crippen LogP contribution in [0.2, 0.25) is 0 Å². The van der Waals surface area contributed by atoms with Crippen molar-refractivity contribution in [3.63, 3.8) is 0 Å². The molecule has 4 amide bonds. The SMILES string of the molecule is CNC(C)C(=O)NC(C(=O)N1CCN(C(=O)c2c(C(=O)NCCOCCOCC(=O)O)c3ccc(OC)cc3n2C)CC1)C1CCCCC1. The van der Waals surface area contributed by atoms with E-state index >= 15 is 0 Å². The summed E-state index contributed by atoms with van der Waals surface area (Å²) in [6.07, 6.45) is 4.94. The summed E-state index contributed by atoms with van der Waals surface area (Å²) in [5, 5.41) is 18.0. The molecule has 1 aliphatic heterocycles. The zero-order chi connectivity index (χ0) is 35.5. The van der Waals surface area contributed by atoms with Crippen LogP contribution >= 0.6 is 0 Å². The van der Waals surface area contributed by atoms with Gasteiger partial charge in [-0.25, -0.2) is 4.79 Å². The number of ether oxygens (including phenoxy) is 3. The van der Waals surface area contributed by atoms with E-state index in [4.69, 9.17) is 19.3 Å². The summed E-state index contributed by atoms with van der Waals surface area (Å²) in [5.74, 6) is -1.53. The molecule has 1 aliphatic carbocycles. The standard InChI is InChI=1S/C34H50N6O9/c1-22(35-2)31(43)37-29(23-8-6-5-7-9-23)33(45)39-13-15-40(16-14-39)34(46)30-28(25-11-10-24(47-4)20-26(25)38(30)3)32(44)36-12-17-48-18-19-49-21-27(41)42/h10-11,20,22-23,29,35H,5-9,12-19,21H2,1-4H3,(H,36,44)(H,37,43)(H,41,42). The summed E-state index contributed by atoms with van der Waals surface area (Å²) in [6.45, 7) is 3.09. The second kappa shape index (κ2) is 18.0. The Morgan fingerprint density at radius 1 is 0.959 bits per heavy atom. The van der Waals surface area contributed by atoms with Crippen molar-refractivity contribution >= 4 is 40.5 Å². The Morgan fingerprint density at radius 3 is 2.29 bits per heavy atom. The van der Waals surface area contributed by atoms with Crippen molar-refractivity contribution in [3.05, 3.63) is 29.5 Å². The molecule has 2 heterocycles. The number of hydrogen-bond donors (Lipinski definition) is 4. The van der Waals surface area contributed by atoms with Crippen molar-refractivity contribution in [1.82, 2.24) is 30.3 Å². The minimum atomic E-state index is -1.07. The summed E-state index contributed by atoms with van der Waals surface area (Å²) in [7, 11) is 4.98. The number of methoxy groups -OCH3 is 1. The van der Waals surface area contributed by atoms with Gasteiger partial charge in [-0.2, -0.15) is 0 Å². The first-order valence-corrected chi connectivity index (χ1v) is 16.9. The van der Waals surface area contributed by atoms with Gasteiger partial charge in [0, 0.05) is 51.2 Å². The van der Waals surface area contributed by atoms with Crippen LogP contribution in [0, 0.1) is 5.92 Å². The quantitative estimate of drug-likeness (QED) is 0.186. The monoisotopic (exact) mass is 686 g/mol. The van der Waals surface area contributed by atoms with E-state index in [1.54, 1.807) is 60.7 Å². The molecule has 270 valence electrons. The molecular formula is C34H50N6O9. The maximum Gasteiger partial charge on any atom is 0.329 e. The highest BCUT2D eigenvalue weighted by Gasteiger charge is 2.37. The number of nitrogens with one attached hydrogen (secondary N) is 3. The van der Waals surface area contributed by atoms with Gasteiger partial charge in [-0.3, -0.25) is 19.2 Å². The molecule has 2 fully saturated rings. The number of amides is 4. The largest absolute Gasteiger partial charge is 0.497 e. The number of carboxylic acids is 1. The molecule has 15 nitrogen and oxygen atoms in total. The number of rotatable bonds is 16. The van der Waals surface area contributed by atoms with Crippen LogP contribution < -0.4 is 20.7 Å². The fraction of sp³-hybridized carbons (Fsp3) is 0.618. The Labute approximate surface area is 286 Å². The van der Waals surface area contributed by atoms with Gasteiger partial charge in [0.15, 0.2) is 0 Å². The predicted molar refractivity (Wildman–Crippen MR) is 181 cm³/mol. The molecule has 1 saturated heterocycles. The molecule has 0 bridgehead atoms. The van der Waals surface area contributed by atoms with Crippen LogP contribution in [0.25, 0.3) is 10.9 Å². The number of nitrogens with zero attached hydrogens (tertiary/aromatic N) is 3. The molecule has 2 unspecified atom stereocenters. The van der Waals surface area contributed by atoms with Crippen molar-refractivity contribution in [1.29, 1.82) is 0 Å². The van der Waals surface area contributed by atoms with Gasteiger partial charge in [0.1, 0.15) is 24.1 Å². The van der Waals surface area contributed by atoms with Gasteiger partial charge in [-0.1, -0.05) is 19.3 Å². The summed E-state index contributed by atoms with van der Waals surface area (Å²) in [4.78, 5) is 68.4.